The Hall–Kier alpha value is -2.56. The lowest BCUT2D eigenvalue weighted by Crippen LogP contribution is -2.40. The van der Waals surface area contributed by atoms with Crippen molar-refractivity contribution >= 4 is 27.3 Å². The van der Waals surface area contributed by atoms with Crippen LogP contribution >= 0.6 is 0 Å². The first-order valence-corrected chi connectivity index (χ1v) is 10.8. The van der Waals surface area contributed by atoms with Gasteiger partial charge in [0.1, 0.15) is 5.69 Å². The molecule has 0 saturated carbocycles. The number of nitrogens with zero attached hydrogens (tertiary/aromatic N) is 3. The Bertz CT molecular complexity index is 944. The van der Waals surface area contributed by atoms with E-state index in [4.69, 9.17) is 4.74 Å². The smallest absolute Gasteiger partial charge is 0.275 e. The molecule has 9 nitrogen and oxygen atoms in total. The molecule has 3 rings (SSSR count). The largest absolute Gasteiger partial charge is 0.383 e. The average Bonchev–Trinajstić information content (AvgIpc) is 2.74. The van der Waals surface area contributed by atoms with Crippen molar-refractivity contribution in [1.82, 2.24) is 14.3 Å². The summed E-state index contributed by atoms with van der Waals surface area (Å²) in [5.41, 5.74) is 1.15. The molecule has 1 aromatic carbocycles. The van der Waals surface area contributed by atoms with Crippen LogP contribution in [0.1, 0.15) is 24.3 Å². The quantitative estimate of drug-likeness (QED) is 0.704. The molecule has 1 aliphatic rings. The van der Waals surface area contributed by atoms with Crippen LogP contribution in [0.5, 0.6) is 0 Å². The molecular formula is C19H25N5O4S. The zero-order valence-electron chi connectivity index (χ0n) is 16.5. The van der Waals surface area contributed by atoms with Crippen molar-refractivity contribution in [3.05, 3.63) is 42.5 Å². The van der Waals surface area contributed by atoms with Crippen molar-refractivity contribution in [2.45, 2.75) is 18.7 Å². The molecule has 29 heavy (non-hydrogen) atoms. The molecule has 0 bridgehead atoms. The number of ether oxygens (including phenoxy) is 1. The lowest BCUT2D eigenvalue weighted by Gasteiger charge is -2.26. The maximum absolute atomic E-state index is 13.0. The minimum absolute atomic E-state index is 0.115. The molecule has 1 amide bonds. The second-order valence-electron chi connectivity index (χ2n) is 7.04. The first-order chi connectivity index (χ1) is 13.9. The summed E-state index contributed by atoms with van der Waals surface area (Å²) in [6, 6.07) is 4.69. The van der Waals surface area contributed by atoms with Crippen LogP contribution in [0.4, 0.5) is 11.4 Å². The van der Waals surface area contributed by atoms with Gasteiger partial charge in [-0.2, -0.15) is 4.31 Å². The highest BCUT2D eigenvalue weighted by molar-refractivity contribution is 7.89. The second kappa shape index (κ2) is 9.29. The van der Waals surface area contributed by atoms with Crippen LogP contribution in [0.25, 0.3) is 0 Å². The molecule has 0 atom stereocenters. The Morgan fingerprint density at radius 2 is 1.97 bits per heavy atom. The molecule has 0 aliphatic carbocycles. The zero-order chi connectivity index (χ0) is 20.9. The number of carbonyl (C=O) groups is 1. The summed E-state index contributed by atoms with van der Waals surface area (Å²) in [7, 11) is -3.69. The normalized spacial score (nSPS) is 15.3. The first-order valence-electron chi connectivity index (χ1n) is 9.41. The molecule has 1 aromatic heterocycles. The molecule has 1 aliphatic heterocycles. The number of benzene rings is 1. The third kappa shape index (κ3) is 5.28. The third-order valence-electron chi connectivity index (χ3n) is 4.34. The molecule has 2 N–H and O–H groups in total. The van der Waals surface area contributed by atoms with Gasteiger partial charge in [-0.1, -0.05) is 13.8 Å². The molecular weight excluding hydrogens is 394 g/mol. The van der Waals surface area contributed by atoms with Crippen molar-refractivity contribution in [2.75, 3.05) is 43.5 Å². The maximum atomic E-state index is 13.0. The predicted octanol–water partition coefficient (Wildman–Crippen LogP) is 1.82. The lowest BCUT2D eigenvalue weighted by molar-refractivity contribution is 0.0730. The van der Waals surface area contributed by atoms with E-state index in [1.54, 1.807) is 12.1 Å². The Morgan fingerprint density at radius 1 is 1.21 bits per heavy atom. The number of hydrogen-bond acceptors (Lipinski definition) is 7. The number of sulfonamides is 1. The Kier molecular flexibility index (Phi) is 6.78. The first kappa shape index (κ1) is 21.2. The second-order valence-corrected chi connectivity index (χ2v) is 8.98. The Labute approximate surface area is 170 Å². The predicted molar refractivity (Wildman–Crippen MR) is 109 cm³/mol. The van der Waals surface area contributed by atoms with E-state index in [-0.39, 0.29) is 10.6 Å². The van der Waals surface area contributed by atoms with Gasteiger partial charge in [-0.05, 0) is 24.1 Å². The molecule has 1 saturated heterocycles. The summed E-state index contributed by atoms with van der Waals surface area (Å²) in [4.78, 5) is 20.5. The number of amides is 1. The standard InChI is InChI=1S/C19H25N5O4S/c1-14(2)12-22-16-4-3-15(29(26,27)24-7-9-28-10-8-24)11-17(16)23-19(25)18-13-20-5-6-21-18/h3-6,11,13-14,22H,7-10,12H2,1-2H3,(H,23,25). The fourth-order valence-corrected chi connectivity index (χ4v) is 4.23. The van der Waals surface area contributed by atoms with Crippen molar-refractivity contribution < 1.29 is 17.9 Å². The highest BCUT2D eigenvalue weighted by Crippen LogP contribution is 2.28. The van der Waals surface area contributed by atoms with E-state index in [0.717, 1.165) is 0 Å². The molecule has 156 valence electrons. The van der Waals surface area contributed by atoms with Crippen LogP contribution in [0.15, 0.2) is 41.7 Å². The number of morpholine rings is 1. The van der Waals surface area contributed by atoms with E-state index in [0.29, 0.717) is 50.1 Å². The van der Waals surface area contributed by atoms with Gasteiger partial charge in [0.2, 0.25) is 10.0 Å². The van der Waals surface area contributed by atoms with Gasteiger partial charge in [-0.25, -0.2) is 13.4 Å². The highest BCUT2D eigenvalue weighted by Gasteiger charge is 2.27. The zero-order valence-corrected chi connectivity index (χ0v) is 17.3. The summed E-state index contributed by atoms with van der Waals surface area (Å²) in [5, 5.41) is 6.00. The highest BCUT2D eigenvalue weighted by atomic mass is 32.2. The van der Waals surface area contributed by atoms with Gasteiger partial charge >= 0.3 is 0 Å². The number of aromatic nitrogens is 2. The van der Waals surface area contributed by atoms with E-state index in [1.807, 2.05) is 0 Å². The third-order valence-corrected chi connectivity index (χ3v) is 6.24. The van der Waals surface area contributed by atoms with Gasteiger partial charge in [0.15, 0.2) is 0 Å². The van der Waals surface area contributed by atoms with E-state index in [1.165, 1.54) is 29.0 Å². The van der Waals surface area contributed by atoms with Gasteiger partial charge in [0.05, 0.1) is 35.7 Å². The van der Waals surface area contributed by atoms with Crippen molar-refractivity contribution in [2.24, 2.45) is 5.92 Å². The van der Waals surface area contributed by atoms with E-state index in [2.05, 4.69) is 34.4 Å². The van der Waals surface area contributed by atoms with Crippen LogP contribution in [0.3, 0.4) is 0 Å². The van der Waals surface area contributed by atoms with Crippen molar-refractivity contribution in [3.63, 3.8) is 0 Å². The molecule has 0 unspecified atom stereocenters. The molecule has 1 fully saturated rings. The van der Waals surface area contributed by atoms with Crippen LogP contribution in [0.2, 0.25) is 0 Å². The number of hydrogen-bond donors (Lipinski definition) is 2. The SMILES string of the molecule is CC(C)CNc1ccc(S(=O)(=O)N2CCOCC2)cc1NC(=O)c1cnccn1. The maximum Gasteiger partial charge on any atom is 0.275 e. The summed E-state index contributed by atoms with van der Waals surface area (Å²) in [5.74, 6) is -0.0954. The average molecular weight is 420 g/mol. The Balaban J connectivity index is 1.91. The van der Waals surface area contributed by atoms with E-state index in [9.17, 15) is 13.2 Å². The molecule has 10 heteroatoms. The fraction of sp³-hybridized carbons (Fsp3) is 0.421. The lowest BCUT2D eigenvalue weighted by atomic mass is 10.2. The minimum Gasteiger partial charge on any atom is -0.383 e. The van der Waals surface area contributed by atoms with Gasteiger partial charge in [-0.3, -0.25) is 9.78 Å². The fourth-order valence-electron chi connectivity index (χ4n) is 2.79. The number of anilines is 2. The Morgan fingerprint density at radius 3 is 2.62 bits per heavy atom. The topological polar surface area (TPSA) is 114 Å². The summed E-state index contributed by atoms with van der Waals surface area (Å²) >= 11 is 0. The van der Waals surface area contributed by atoms with Gasteiger partial charge in [-0.15, -0.1) is 0 Å². The monoisotopic (exact) mass is 419 g/mol. The summed E-state index contributed by atoms with van der Waals surface area (Å²) in [6.45, 7) is 6.12. The molecule has 0 radical (unpaired) electrons. The van der Waals surface area contributed by atoms with Crippen LogP contribution in [-0.2, 0) is 14.8 Å². The molecule has 2 aromatic rings. The van der Waals surface area contributed by atoms with Crippen LogP contribution in [-0.4, -0.2) is 61.4 Å². The van der Waals surface area contributed by atoms with Crippen molar-refractivity contribution in [1.29, 1.82) is 0 Å². The summed E-state index contributed by atoms with van der Waals surface area (Å²) < 4.78 is 32.6. The number of carbonyl (C=O) groups excluding carboxylic acids is 1. The molecule has 2 heterocycles. The van der Waals surface area contributed by atoms with E-state index >= 15 is 0 Å². The number of rotatable bonds is 7. The molecule has 0 spiro atoms. The summed E-state index contributed by atoms with van der Waals surface area (Å²) in [6.07, 6.45) is 4.25. The van der Waals surface area contributed by atoms with Crippen molar-refractivity contribution in [3.8, 4) is 0 Å². The number of nitrogens with one attached hydrogen (secondary N) is 2. The van der Waals surface area contributed by atoms with Gasteiger partial charge in [0.25, 0.3) is 5.91 Å². The van der Waals surface area contributed by atoms with Crippen LogP contribution < -0.4 is 10.6 Å². The minimum atomic E-state index is -3.69. The van der Waals surface area contributed by atoms with E-state index < -0.39 is 15.9 Å². The van der Waals surface area contributed by atoms with Gasteiger partial charge < -0.3 is 15.4 Å². The van der Waals surface area contributed by atoms with Gasteiger partial charge in [0, 0.05) is 32.0 Å². The van der Waals surface area contributed by atoms with Crippen LogP contribution in [0, 0.1) is 5.92 Å².